The summed E-state index contributed by atoms with van der Waals surface area (Å²) in [5, 5.41) is 0.329. The predicted molar refractivity (Wildman–Crippen MR) is 89.3 cm³/mol. The van der Waals surface area contributed by atoms with Gasteiger partial charge in [-0.25, -0.2) is 4.79 Å². The smallest absolute Gasteiger partial charge is 0.343 e. The van der Waals surface area contributed by atoms with E-state index < -0.39 is 5.97 Å². The van der Waals surface area contributed by atoms with Crippen LogP contribution in [0, 0.1) is 6.92 Å². The van der Waals surface area contributed by atoms with Gasteiger partial charge >= 0.3 is 5.97 Å². The van der Waals surface area contributed by atoms with Gasteiger partial charge in [0.25, 0.3) is 0 Å². The number of hydrogen-bond acceptors (Lipinski definition) is 4. The van der Waals surface area contributed by atoms with Gasteiger partial charge in [-0.1, -0.05) is 23.7 Å². The highest BCUT2D eigenvalue weighted by atomic mass is 35.5. The molecule has 0 unspecified atom stereocenters. The Balaban J connectivity index is 1.86. The van der Waals surface area contributed by atoms with E-state index in [-0.39, 0.29) is 36.0 Å². The molecule has 0 atom stereocenters. The Morgan fingerprint density at radius 2 is 1.79 bits per heavy atom. The van der Waals surface area contributed by atoms with E-state index in [0.717, 1.165) is 10.5 Å². The lowest BCUT2D eigenvalue weighted by atomic mass is 10.2. The molecule has 0 aromatic heterocycles. The second kappa shape index (κ2) is 6.45. The maximum absolute atomic E-state index is 12.3. The van der Waals surface area contributed by atoms with Crippen molar-refractivity contribution < 1.29 is 19.1 Å². The van der Waals surface area contributed by atoms with Gasteiger partial charge in [0.15, 0.2) is 0 Å². The zero-order valence-corrected chi connectivity index (χ0v) is 13.7. The molecule has 5 nitrogen and oxygen atoms in total. The minimum atomic E-state index is -0.608. The molecule has 122 valence electrons. The average molecular weight is 344 g/mol. The Kier molecular flexibility index (Phi) is 4.36. The largest absolute Gasteiger partial charge is 0.421 e. The molecular weight excluding hydrogens is 330 g/mol. The van der Waals surface area contributed by atoms with E-state index in [2.05, 4.69) is 0 Å². The lowest BCUT2D eigenvalue weighted by Gasteiger charge is -2.14. The van der Waals surface area contributed by atoms with Crippen LogP contribution in [0.25, 0.3) is 0 Å². The Labute approximate surface area is 143 Å². The van der Waals surface area contributed by atoms with Crippen molar-refractivity contribution in [1.82, 2.24) is 0 Å². The molecule has 24 heavy (non-hydrogen) atoms. The number of halogens is 1. The van der Waals surface area contributed by atoms with Crippen molar-refractivity contribution in [2.75, 3.05) is 4.90 Å². The number of imide groups is 1. The average Bonchev–Trinajstić information content (AvgIpc) is 2.90. The molecule has 0 N–H and O–H groups in total. The van der Waals surface area contributed by atoms with Crippen molar-refractivity contribution in [2.24, 2.45) is 0 Å². The summed E-state index contributed by atoms with van der Waals surface area (Å²) in [4.78, 5) is 37.1. The fourth-order valence-electron chi connectivity index (χ4n) is 2.48. The summed E-state index contributed by atoms with van der Waals surface area (Å²) in [6, 6.07) is 11.4. The van der Waals surface area contributed by atoms with E-state index in [9.17, 15) is 14.4 Å². The molecule has 6 heteroatoms. The van der Waals surface area contributed by atoms with Crippen LogP contribution in [0.5, 0.6) is 5.75 Å². The van der Waals surface area contributed by atoms with Gasteiger partial charge in [0, 0.05) is 12.8 Å². The Morgan fingerprint density at radius 3 is 2.50 bits per heavy atom. The highest BCUT2D eigenvalue weighted by Gasteiger charge is 2.30. The Hall–Kier alpha value is -2.66. The molecule has 1 aliphatic rings. The second-order valence-electron chi connectivity index (χ2n) is 5.50. The fraction of sp³-hybridized carbons (Fsp3) is 0.167. The summed E-state index contributed by atoms with van der Waals surface area (Å²) >= 11 is 6.03. The topological polar surface area (TPSA) is 63.7 Å². The molecule has 2 aromatic carbocycles. The van der Waals surface area contributed by atoms with Crippen LogP contribution in [-0.2, 0) is 9.59 Å². The Morgan fingerprint density at radius 1 is 1.08 bits per heavy atom. The molecule has 0 aliphatic carbocycles. The standard InChI is InChI=1S/C18H14ClNO4/c1-11-5-6-14(19)15(9-11)24-18(23)12-3-2-4-13(10-12)20-16(21)7-8-17(20)22/h2-6,9-10H,7-8H2,1H3. The number of amides is 2. The van der Waals surface area contributed by atoms with Crippen LogP contribution in [0.15, 0.2) is 42.5 Å². The lowest BCUT2D eigenvalue weighted by Crippen LogP contribution is -2.28. The molecule has 0 bridgehead atoms. The predicted octanol–water partition coefficient (Wildman–Crippen LogP) is 3.52. The molecule has 1 aliphatic heterocycles. The van der Waals surface area contributed by atoms with Gasteiger partial charge < -0.3 is 4.74 Å². The molecule has 1 heterocycles. The first-order valence-corrected chi connectivity index (χ1v) is 7.77. The zero-order valence-electron chi connectivity index (χ0n) is 12.9. The SMILES string of the molecule is Cc1ccc(Cl)c(OC(=O)c2cccc(N3C(=O)CCC3=O)c2)c1. The minimum Gasteiger partial charge on any atom is -0.421 e. The van der Waals surface area contributed by atoms with Gasteiger partial charge in [0.1, 0.15) is 5.75 Å². The number of aryl methyl sites for hydroxylation is 1. The van der Waals surface area contributed by atoms with E-state index in [1.165, 1.54) is 6.07 Å². The number of nitrogens with zero attached hydrogens (tertiary/aromatic N) is 1. The van der Waals surface area contributed by atoms with E-state index in [1.54, 1.807) is 30.3 Å². The fourth-order valence-corrected chi connectivity index (χ4v) is 2.64. The number of carbonyl (C=O) groups excluding carboxylic acids is 3. The van der Waals surface area contributed by atoms with Gasteiger partial charge in [-0.15, -0.1) is 0 Å². The normalized spacial score (nSPS) is 14.2. The maximum atomic E-state index is 12.3. The summed E-state index contributed by atoms with van der Waals surface area (Å²) in [7, 11) is 0. The summed E-state index contributed by atoms with van der Waals surface area (Å²) in [5.41, 5.74) is 1.51. The van der Waals surface area contributed by atoms with Gasteiger partial charge in [0.05, 0.1) is 16.3 Å². The van der Waals surface area contributed by atoms with Crippen LogP contribution >= 0.6 is 11.6 Å². The van der Waals surface area contributed by atoms with E-state index in [4.69, 9.17) is 16.3 Å². The number of carbonyl (C=O) groups is 3. The Bertz CT molecular complexity index is 831. The minimum absolute atomic E-state index is 0.187. The van der Waals surface area contributed by atoms with Crippen molar-refractivity contribution in [3.63, 3.8) is 0 Å². The first-order valence-electron chi connectivity index (χ1n) is 7.40. The monoisotopic (exact) mass is 343 g/mol. The molecule has 1 saturated heterocycles. The summed E-state index contributed by atoms with van der Waals surface area (Å²) < 4.78 is 5.32. The summed E-state index contributed by atoms with van der Waals surface area (Å²) in [6.07, 6.45) is 0.374. The number of hydrogen-bond donors (Lipinski definition) is 0. The van der Waals surface area contributed by atoms with Crippen LogP contribution < -0.4 is 9.64 Å². The van der Waals surface area contributed by atoms with E-state index in [1.807, 2.05) is 13.0 Å². The lowest BCUT2D eigenvalue weighted by molar-refractivity contribution is -0.121. The van der Waals surface area contributed by atoms with Crippen molar-refractivity contribution in [1.29, 1.82) is 0 Å². The highest BCUT2D eigenvalue weighted by Crippen LogP contribution is 2.27. The molecule has 0 radical (unpaired) electrons. The number of rotatable bonds is 3. The van der Waals surface area contributed by atoms with E-state index in [0.29, 0.717) is 10.7 Å². The zero-order chi connectivity index (χ0) is 17.3. The molecule has 2 amide bonds. The van der Waals surface area contributed by atoms with Crippen molar-refractivity contribution >= 4 is 35.1 Å². The van der Waals surface area contributed by atoms with Gasteiger partial charge in [-0.3, -0.25) is 14.5 Å². The van der Waals surface area contributed by atoms with Gasteiger partial charge in [-0.05, 0) is 42.8 Å². The van der Waals surface area contributed by atoms with Crippen LogP contribution in [0.4, 0.5) is 5.69 Å². The molecule has 1 fully saturated rings. The van der Waals surface area contributed by atoms with Crippen LogP contribution in [0.3, 0.4) is 0 Å². The van der Waals surface area contributed by atoms with Crippen LogP contribution in [-0.4, -0.2) is 17.8 Å². The number of anilines is 1. The maximum Gasteiger partial charge on any atom is 0.343 e. The van der Waals surface area contributed by atoms with Gasteiger partial charge in [-0.2, -0.15) is 0 Å². The first-order chi connectivity index (χ1) is 11.5. The number of ether oxygens (including phenoxy) is 1. The second-order valence-corrected chi connectivity index (χ2v) is 5.90. The summed E-state index contributed by atoms with van der Waals surface area (Å²) in [5.74, 6) is -0.886. The highest BCUT2D eigenvalue weighted by molar-refractivity contribution is 6.32. The molecule has 2 aromatic rings. The molecule has 0 spiro atoms. The third-order valence-electron chi connectivity index (χ3n) is 3.68. The first kappa shape index (κ1) is 16.2. The molecule has 3 rings (SSSR count). The third-order valence-corrected chi connectivity index (χ3v) is 3.99. The van der Waals surface area contributed by atoms with Crippen molar-refractivity contribution in [2.45, 2.75) is 19.8 Å². The quantitative estimate of drug-likeness (QED) is 0.486. The van der Waals surface area contributed by atoms with Gasteiger partial charge in [0.2, 0.25) is 11.8 Å². The third kappa shape index (κ3) is 3.16. The van der Waals surface area contributed by atoms with Crippen LogP contribution in [0.1, 0.15) is 28.8 Å². The molecule has 0 saturated carbocycles. The van der Waals surface area contributed by atoms with Crippen LogP contribution in [0.2, 0.25) is 5.02 Å². The van der Waals surface area contributed by atoms with Crippen molar-refractivity contribution in [3.05, 3.63) is 58.6 Å². The van der Waals surface area contributed by atoms with E-state index >= 15 is 0 Å². The molecular formula is C18H14ClNO4. The number of esters is 1. The summed E-state index contributed by atoms with van der Waals surface area (Å²) in [6.45, 7) is 1.86. The number of benzene rings is 2. The van der Waals surface area contributed by atoms with Crippen molar-refractivity contribution in [3.8, 4) is 5.75 Å².